The maximum Gasteiger partial charge on any atom is 0.255 e. The molecule has 1 aromatic heterocycles. The molecular weight excluding hydrogens is 318 g/mol. The average Bonchev–Trinajstić information content (AvgIpc) is 2.69. The van der Waals surface area contributed by atoms with Gasteiger partial charge in [-0.25, -0.2) is 0 Å². The molecule has 0 radical (unpaired) electrons. The van der Waals surface area contributed by atoms with Crippen molar-refractivity contribution in [2.75, 3.05) is 46.4 Å². The van der Waals surface area contributed by atoms with Crippen LogP contribution in [0.15, 0.2) is 48.8 Å². The minimum absolute atomic E-state index is 0.0576. The van der Waals surface area contributed by atoms with Gasteiger partial charge in [0.25, 0.3) is 5.91 Å². The van der Waals surface area contributed by atoms with Gasteiger partial charge in [0.05, 0.1) is 12.7 Å². The van der Waals surface area contributed by atoms with Crippen molar-refractivity contribution in [2.45, 2.75) is 0 Å². The molecular formula is C19H23N3O3. The van der Waals surface area contributed by atoms with Crippen LogP contribution in [0.1, 0.15) is 10.4 Å². The van der Waals surface area contributed by atoms with E-state index in [2.05, 4.69) is 9.88 Å². The molecule has 2 aromatic rings. The Hall–Kier alpha value is -2.60. The molecule has 0 N–H and O–H groups in total. The number of hydrogen-bond donors (Lipinski definition) is 0. The summed E-state index contributed by atoms with van der Waals surface area (Å²) in [7, 11) is 1.65. The molecule has 6 nitrogen and oxygen atoms in total. The number of rotatable bonds is 6. The first-order valence-corrected chi connectivity index (χ1v) is 8.45. The largest absolute Gasteiger partial charge is 0.497 e. The normalized spacial score (nSPS) is 15.0. The van der Waals surface area contributed by atoms with Crippen LogP contribution in [-0.2, 0) is 0 Å². The molecule has 0 saturated carbocycles. The molecule has 3 rings (SSSR count). The van der Waals surface area contributed by atoms with Crippen molar-refractivity contribution >= 4 is 5.91 Å². The summed E-state index contributed by atoms with van der Waals surface area (Å²) >= 11 is 0. The van der Waals surface area contributed by atoms with E-state index < -0.39 is 0 Å². The highest BCUT2D eigenvalue weighted by Crippen LogP contribution is 2.17. The lowest BCUT2D eigenvalue weighted by atomic mass is 10.2. The number of ether oxygens (including phenoxy) is 2. The molecule has 1 fully saturated rings. The minimum Gasteiger partial charge on any atom is -0.497 e. The van der Waals surface area contributed by atoms with Gasteiger partial charge in [0.2, 0.25) is 0 Å². The molecule has 1 saturated heterocycles. The van der Waals surface area contributed by atoms with E-state index in [1.165, 1.54) is 0 Å². The highest BCUT2D eigenvalue weighted by Gasteiger charge is 2.21. The molecule has 0 spiro atoms. The van der Waals surface area contributed by atoms with E-state index in [1.807, 2.05) is 35.2 Å². The minimum atomic E-state index is 0.0576. The van der Waals surface area contributed by atoms with Gasteiger partial charge in [-0.3, -0.25) is 14.7 Å². The third-order valence-electron chi connectivity index (χ3n) is 4.30. The van der Waals surface area contributed by atoms with Gasteiger partial charge in [0, 0.05) is 45.1 Å². The molecule has 6 heteroatoms. The summed E-state index contributed by atoms with van der Waals surface area (Å²) in [6.07, 6.45) is 3.30. The number of methoxy groups -OCH3 is 1. The van der Waals surface area contributed by atoms with Crippen molar-refractivity contribution in [3.63, 3.8) is 0 Å². The molecule has 1 amide bonds. The highest BCUT2D eigenvalue weighted by atomic mass is 16.5. The lowest BCUT2D eigenvalue weighted by molar-refractivity contribution is 0.0620. The van der Waals surface area contributed by atoms with E-state index in [4.69, 9.17) is 9.47 Å². The average molecular weight is 341 g/mol. The lowest BCUT2D eigenvalue weighted by Crippen LogP contribution is -2.49. The molecule has 0 bridgehead atoms. The van der Waals surface area contributed by atoms with E-state index in [-0.39, 0.29) is 5.91 Å². The SMILES string of the molecule is COc1ccc(OCCN2CCN(C(=O)c3cccnc3)CC2)cc1. The lowest BCUT2D eigenvalue weighted by Gasteiger charge is -2.34. The van der Waals surface area contributed by atoms with Gasteiger partial charge in [-0.15, -0.1) is 0 Å². The van der Waals surface area contributed by atoms with E-state index in [9.17, 15) is 4.79 Å². The van der Waals surface area contributed by atoms with Crippen molar-refractivity contribution in [1.82, 2.24) is 14.8 Å². The molecule has 2 heterocycles. The number of aromatic nitrogens is 1. The van der Waals surface area contributed by atoms with Crippen LogP contribution in [0.2, 0.25) is 0 Å². The van der Waals surface area contributed by atoms with Gasteiger partial charge in [-0.05, 0) is 36.4 Å². The first-order valence-electron chi connectivity index (χ1n) is 8.45. The highest BCUT2D eigenvalue weighted by molar-refractivity contribution is 5.93. The number of piperazine rings is 1. The Bertz CT molecular complexity index is 668. The Kier molecular flexibility index (Phi) is 5.85. The molecule has 0 aliphatic carbocycles. The maximum atomic E-state index is 12.4. The first kappa shape index (κ1) is 17.2. The molecule has 0 atom stereocenters. The zero-order valence-corrected chi connectivity index (χ0v) is 14.4. The van der Waals surface area contributed by atoms with Crippen molar-refractivity contribution in [3.05, 3.63) is 54.4 Å². The Morgan fingerprint density at radius 3 is 2.44 bits per heavy atom. The number of carbonyl (C=O) groups excluding carboxylic acids is 1. The standard InChI is InChI=1S/C19H23N3O3/c1-24-17-4-6-18(7-5-17)25-14-13-21-9-11-22(12-10-21)19(23)16-3-2-8-20-15-16/h2-8,15H,9-14H2,1H3. The van der Waals surface area contributed by atoms with Crippen LogP contribution in [-0.4, -0.2) is 67.1 Å². The fraction of sp³-hybridized carbons (Fsp3) is 0.368. The summed E-state index contributed by atoms with van der Waals surface area (Å²) in [4.78, 5) is 20.6. The summed E-state index contributed by atoms with van der Waals surface area (Å²) in [5.41, 5.74) is 0.652. The monoisotopic (exact) mass is 341 g/mol. The topological polar surface area (TPSA) is 54.9 Å². The van der Waals surface area contributed by atoms with Crippen LogP contribution in [0, 0.1) is 0 Å². The second-order valence-electron chi connectivity index (χ2n) is 5.90. The van der Waals surface area contributed by atoms with Crippen LogP contribution >= 0.6 is 0 Å². The second-order valence-corrected chi connectivity index (χ2v) is 5.90. The molecule has 0 unspecified atom stereocenters. The van der Waals surface area contributed by atoms with Crippen molar-refractivity contribution in [2.24, 2.45) is 0 Å². The van der Waals surface area contributed by atoms with Crippen LogP contribution in [0.5, 0.6) is 11.5 Å². The predicted octanol–water partition coefficient (Wildman–Crippen LogP) is 1.93. The number of nitrogens with zero attached hydrogens (tertiary/aromatic N) is 3. The van der Waals surface area contributed by atoms with Crippen LogP contribution in [0.3, 0.4) is 0 Å². The van der Waals surface area contributed by atoms with Gasteiger partial charge in [-0.1, -0.05) is 0 Å². The number of amides is 1. The van der Waals surface area contributed by atoms with Gasteiger partial charge in [0.15, 0.2) is 0 Å². The fourth-order valence-corrected chi connectivity index (χ4v) is 2.81. The quantitative estimate of drug-likeness (QED) is 0.804. The van der Waals surface area contributed by atoms with Gasteiger partial charge >= 0.3 is 0 Å². The third kappa shape index (κ3) is 4.70. The van der Waals surface area contributed by atoms with Crippen LogP contribution < -0.4 is 9.47 Å². The zero-order chi connectivity index (χ0) is 17.5. The fourth-order valence-electron chi connectivity index (χ4n) is 2.81. The Morgan fingerprint density at radius 2 is 1.80 bits per heavy atom. The third-order valence-corrected chi connectivity index (χ3v) is 4.30. The molecule has 1 aliphatic rings. The first-order chi connectivity index (χ1) is 12.3. The van der Waals surface area contributed by atoms with Crippen LogP contribution in [0.25, 0.3) is 0 Å². The number of hydrogen-bond acceptors (Lipinski definition) is 5. The summed E-state index contributed by atoms with van der Waals surface area (Å²) < 4.78 is 10.9. The zero-order valence-electron chi connectivity index (χ0n) is 14.4. The van der Waals surface area contributed by atoms with E-state index in [0.29, 0.717) is 12.2 Å². The second kappa shape index (κ2) is 8.48. The molecule has 132 valence electrons. The van der Waals surface area contributed by atoms with Crippen molar-refractivity contribution in [3.8, 4) is 11.5 Å². The smallest absolute Gasteiger partial charge is 0.255 e. The van der Waals surface area contributed by atoms with Gasteiger partial charge in [-0.2, -0.15) is 0 Å². The summed E-state index contributed by atoms with van der Waals surface area (Å²) in [5.74, 6) is 1.72. The van der Waals surface area contributed by atoms with Gasteiger partial charge < -0.3 is 14.4 Å². The molecule has 1 aromatic carbocycles. The Balaban J connectivity index is 1.39. The van der Waals surface area contributed by atoms with Gasteiger partial charge in [0.1, 0.15) is 18.1 Å². The van der Waals surface area contributed by atoms with Crippen molar-refractivity contribution < 1.29 is 14.3 Å². The summed E-state index contributed by atoms with van der Waals surface area (Å²) in [6.45, 7) is 4.66. The van der Waals surface area contributed by atoms with Crippen molar-refractivity contribution in [1.29, 1.82) is 0 Å². The maximum absolute atomic E-state index is 12.4. The number of benzene rings is 1. The summed E-state index contributed by atoms with van der Waals surface area (Å²) in [5, 5.41) is 0. The number of carbonyl (C=O) groups is 1. The molecule has 25 heavy (non-hydrogen) atoms. The summed E-state index contributed by atoms with van der Waals surface area (Å²) in [6, 6.07) is 11.2. The van der Waals surface area contributed by atoms with Crippen LogP contribution in [0.4, 0.5) is 0 Å². The molecule has 1 aliphatic heterocycles. The van der Waals surface area contributed by atoms with E-state index in [0.717, 1.165) is 44.2 Å². The predicted molar refractivity (Wildman–Crippen MR) is 95.1 cm³/mol. The van der Waals surface area contributed by atoms with E-state index in [1.54, 1.807) is 25.6 Å². The Morgan fingerprint density at radius 1 is 1.08 bits per heavy atom. The Labute approximate surface area is 148 Å². The van der Waals surface area contributed by atoms with E-state index >= 15 is 0 Å². The number of pyridine rings is 1.